The lowest BCUT2D eigenvalue weighted by atomic mass is 10.1. The van der Waals surface area contributed by atoms with Gasteiger partial charge in [-0.15, -0.1) is 0 Å². The van der Waals surface area contributed by atoms with Crippen molar-refractivity contribution in [1.82, 2.24) is 13.7 Å². The third-order valence-corrected chi connectivity index (χ3v) is 8.77. The first kappa shape index (κ1) is 23.6. The number of aryl methyl sites for hydroxylation is 1. The maximum Gasteiger partial charge on any atom is 0.289 e. The fourth-order valence-electron chi connectivity index (χ4n) is 3.82. The molecule has 0 radical (unpaired) electrons. The Hall–Kier alpha value is -2.60. The molecule has 174 valence electrons. The van der Waals surface area contributed by atoms with Crippen molar-refractivity contribution in [3.63, 3.8) is 0 Å². The van der Waals surface area contributed by atoms with Crippen LogP contribution in [0.4, 0.5) is 10.8 Å². The molecule has 4 rings (SSSR count). The Bertz CT molecular complexity index is 1300. The molecule has 2 heterocycles. The summed E-state index contributed by atoms with van der Waals surface area (Å²) < 4.78 is 32.2. The minimum Gasteiger partial charge on any atom is -0.344 e. The zero-order chi connectivity index (χ0) is 23.8. The monoisotopic (exact) mass is 507 g/mol. The Labute approximate surface area is 201 Å². The number of hydrogen-bond acceptors (Lipinski definition) is 8. The molecular formula is C21H22ClN5O4S2. The maximum absolute atomic E-state index is 13.2. The number of piperazine rings is 1. The second kappa shape index (κ2) is 9.34. The van der Waals surface area contributed by atoms with Gasteiger partial charge in [-0.1, -0.05) is 35.9 Å². The van der Waals surface area contributed by atoms with E-state index in [1.807, 2.05) is 24.0 Å². The molecule has 1 aromatic heterocycles. The first-order valence-corrected chi connectivity index (χ1v) is 12.8. The summed E-state index contributed by atoms with van der Waals surface area (Å²) in [5.74, 6) is 0.737. The summed E-state index contributed by atoms with van der Waals surface area (Å²) in [7, 11) is -3.92. The number of anilines is 1. The van der Waals surface area contributed by atoms with Gasteiger partial charge in [0.2, 0.25) is 15.2 Å². The fraction of sp³-hybridized carbons (Fsp3) is 0.333. The topological polar surface area (TPSA) is 110 Å². The summed E-state index contributed by atoms with van der Waals surface area (Å²) in [4.78, 5) is 17.0. The molecule has 1 unspecified atom stereocenters. The van der Waals surface area contributed by atoms with Gasteiger partial charge in [0.15, 0.2) is 0 Å². The van der Waals surface area contributed by atoms with E-state index in [1.165, 1.54) is 39.1 Å². The molecule has 1 atom stereocenters. The summed E-state index contributed by atoms with van der Waals surface area (Å²) in [6.07, 6.45) is 0.641. The van der Waals surface area contributed by atoms with E-state index in [9.17, 15) is 18.5 Å². The molecule has 12 heteroatoms. The first-order chi connectivity index (χ1) is 15.7. The van der Waals surface area contributed by atoms with E-state index < -0.39 is 20.6 Å². The van der Waals surface area contributed by atoms with Crippen LogP contribution in [0.25, 0.3) is 0 Å². The first-order valence-electron chi connectivity index (χ1n) is 10.2. The van der Waals surface area contributed by atoms with Crippen molar-refractivity contribution in [1.29, 1.82) is 0 Å². The lowest BCUT2D eigenvalue weighted by molar-refractivity contribution is -0.384. The van der Waals surface area contributed by atoms with Crippen molar-refractivity contribution >= 4 is 44.0 Å². The molecule has 3 aromatic rings. The van der Waals surface area contributed by atoms with Crippen molar-refractivity contribution in [2.75, 3.05) is 24.5 Å². The maximum atomic E-state index is 13.2. The number of nitrogens with zero attached hydrogens (tertiary/aromatic N) is 5. The van der Waals surface area contributed by atoms with Crippen LogP contribution in [0.15, 0.2) is 47.4 Å². The molecular weight excluding hydrogens is 486 g/mol. The molecule has 1 fully saturated rings. The molecule has 1 aliphatic rings. The number of benzene rings is 2. The van der Waals surface area contributed by atoms with Crippen molar-refractivity contribution in [3.8, 4) is 0 Å². The van der Waals surface area contributed by atoms with Crippen LogP contribution in [0.5, 0.6) is 0 Å². The number of nitro groups is 1. The van der Waals surface area contributed by atoms with Gasteiger partial charge in [-0.3, -0.25) is 10.1 Å². The lowest BCUT2D eigenvalue weighted by Gasteiger charge is -2.38. The van der Waals surface area contributed by atoms with Crippen LogP contribution in [0.1, 0.15) is 23.9 Å². The third kappa shape index (κ3) is 4.86. The highest BCUT2D eigenvalue weighted by molar-refractivity contribution is 7.89. The highest BCUT2D eigenvalue weighted by atomic mass is 35.5. The van der Waals surface area contributed by atoms with Gasteiger partial charge >= 0.3 is 0 Å². The van der Waals surface area contributed by atoms with Gasteiger partial charge in [0, 0.05) is 49.7 Å². The van der Waals surface area contributed by atoms with E-state index in [2.05, 4.69) is 28.4 Å². The van der Waals surface area contributed by atoms with E-state index in [1.54, 1.807) is 0 Å². The average molecular weight is 508 g/mol. The van der Waals surface area contributed by atoms with Crippen LogP contribution in [-0.2, 0) is 16.4 Å². The van der Waals surface area contributed by atoms with Gasteiger partial charge in [0.1, 0.15) is 10.8 Å². The number of aromatic nitrogens is 2. The minimum absolute atomic E-state index is 0.102. The standard InChI is InChI=1S/C21H22ClN5O4S2/c1-14-5-3-4-6-16(14)11-20-23-21(32-24-20)25-9-10-26(15(2)13-25)33(30,31)17-7-8-18(22)19(12-17)27(28)29/h3-8,12,15H,9-11,13H2,1-2H3. The predicted octanol–water partition coefficient (Wildman–Crippen LogP) is 3.90. The summed E-state index contributed by atoms with van der Waals surface area (Å²) in [6, 6.07) is 11.3. The van der Waals surface area contributed by atoms with Crippen LogP contribution in [0.3, 0.4) is 0 Å². The summed E-state index contributed by atoms with van der Waals surface area (Å²) in [5, 5.41) is 11.8. The SMILES string of the molecule is Cc1ccccc1Cc1nsc(N2CCN(S(=O)(=O)c3ccc(Cl)c([N+](=O)[O-])c3)C(C)C2)n1. The fourth-order valence-corrected chi connectivity index (χ4v) is 6.36. The average Bonchev–Trinajstić information content (AvgIpc) is 3.23. The van der Waals surface area contributed by atoms with Crippen molar-refractivity contribution < 1.29 is 13.3 Å². The molecule has 0 spiro atoms. The van der Waals surface area contributed by atoms with Gasteiger partial charge in [-0.05, 0) is 37.1 Å². The van der Waals surface area contributed by atoms with Crippen LogP contribution in [-0.4, -0.2) is 52.7 Å². The zero-order valence-corrected chi connectivity index (χ0v) is 20.4. The molecule has 0 bridgehead atoms. The number of rotatable bonds is 6. The van der Waals surface area contributed by atoms with E-state index in [0.717, 1.165) is 17.0 Å². The highest BCUT2D eigenvalue weighted by Crippen LogP contribution is 2.31. The van der Waals surface area contributed by atoms with E-state index in [4.69, 9.17) is 11.6 Å². The number of hydrogen-bond donors (Lipinski definition) is 0. The third-order valence-electron chi connectivity index (χ3n) is 5.63. The molecule has 0 saturated carbocycles. The molecule has 1 saturated heterocycles. The van der Waals surface area contributed by atoms with Crippen LogP contribution >= 0.6 is 23.1 Å². The number of nitro benzene ring substituents is 1. The summed E-state index contributed by atoms with van der Waals surface area (Å²) >= 11 is 7.14. The van der Waals surface area contributed by atoms with E-state index in [0.29, 0.717) is 19.5 Å². The van der Waals surface area contributed by atoms with E-state index in [-0.39, 0.29) is 22.5 Å². The Morgan fingerprint density at radius 3 is 2.70 bits per heavy atom. The molecule has 0 N–H and O–H groups in total. The zero-order valence-electron chi connectivity index (χ0n) is 18.0. The normalized spacial score (nSPS) is 17.3. The van der Waals surface area contributed by atoms with Crippen molar-refractivity contribution in [2.24, 2.45) is 0 Å². The molecule has 2 aromatic carbocycles. The number of sulfonamides is 1. The Kier molecular flexibility index (Phi) is 6.66. The Morgan fingerprint density at radius 2 is 2.00 bits per heavy atom. The van der Waals surface area contributed by atoms with Crippen LogP contribution in [0.2, 0.25) is 5.02 Å². The van der Waals surface area contributed by atoms with Gasteiger partial charge in [0.25, 0.3) is 5.69 Å². The largest absolute Gasteiger partial charge is 0.344 e. The van der Waals surface area contributed by atoms with Gasteiger partial charge < -0.3 is 4.90 Å². The van der Waals surface area contributed by atoms with Crippen molar-refractivity contribution in [3.05, 3.63) is 74.6 Å². The molecule has 0 aliphatic carbocycles. The molecule has 0 amide bonds. The highest BCUT2D eigenvalue weighted by Gasteiger charge is 2.35. The molecule has 9 nitrogen and oxygen atoms in total. The lowest BCUT2D eigenvalue weighted by Crippen LogP contribution is -2.54. The predicted molar refractivity (Wildman–Crippen MR) is 128 cm³/mol. The minimum atomic E-state index is -3.92. The second-order valence-corrected chi connectivity index (χ2v) is 10.9. The quantitative estimate of drug-likeness (QED) is 0.367. The van der Waals surface area contributed by atoms with Crippen LogP contribution < -0.4 is 4.90 Å². The summed E-state index contributed by atoms with van der Waals surface area (Å²) in [6.45, 7) is 4.97. The van der Waals surface area contributed by atoms with E-state index >= 15 is 0 Å². The smallest absolute Gasteiger partial charge is 0.289 e. The van der Waals surface area contributed by atoms with Gasteiger partial charge in [-0.2, -0.15) is 8.68 Å². The van der Waals surface area contributed by atoms with Crippen LogP contribution in [0, 0.1) is 17.0 Å². The second-order valence-electron chi connectivity index (χ2n) is 7.88. The van der Waals surface area contributed by atoms with Gasteiger partial charge in [0.05, 0.1) is 9.82 Å². The Balaban J connectivity index is 1.48. The van der Waals surface area contributed by atoms with Crippen molar-refractivity contribution in [2.45, 2.75) is 31.2 Å². The summed E-state index contributed by atoms with van der Waals surface area (Å²) in [5.41, 5.74) is 1.92. The Morgan fingerprint density at radius 1 is 1.24 bits per heavy atom. The van der Waals surface area contributed by atoms with Gasteiger partial charge in [-0.25, -0.2) is 13.4 Å². The molecule has 1 aliphatic heterocycles. The number of halogens is 1. The molecule has 33 heavy (non-hydrogen) atoms.